The Hall–Kier alpha value is -1.09. The van der Waals surface area contributed by atoms with E-state index in [1.165, 1.54) is 5.56 Å². The number of hydrogen-bond donors (Lipinski definition) is 1. The first kappa shape index (κ1) is 10.4. The standard InChI is InChI=1S/C12H18N2O/c1-10-5-3-7-13-11(10)14-8-4-6-12(2,15)9-14/h3,5,7,15H,4,6,8-9H2,1-2H3. The Morgan fingerprint density at radius 1 is 1.53 bits per heavy atom. The van der Waals surface area contributed by atoms with E-state index < -0.39 is 5.60 Å². The zero-order valence-corrected chi connectivity index (χ0v) is 9.40. The molecule has 1 atom stereocenters. The smallest absolute Gasteiger partial charge is 0.131 e. The molecule has 1 fully saturated rings. The summed E-state index contributed by atoms with van der Waals surface area (Å²) in [6.07, 6.45) is 3.73. The molecule has 1 unspecified atom stereocenters. The Morgan fingerprint density at radius 2 is 2.33 bits per heavy atom. The molecule has 2 rings (SSSR count). The summed E-state index contributed by atoms with van der Waals surface area (Å²) in [6, 6.07) is 4.01. The van der Waals surface area contributed by atoms with Crippen LogP contribution < -0.4 is 4.90 Å². The van der Waals surface area contributed by atoms with Crippen molar-refractivity contribution in [1.82, 2.24) is 4.98 Å². The Labute approximate surface area is 90.8 Å². The number of pyridine rings is 1. The van der Waals surface area contributed by atoms with Crippen LogP contribution in [-0.4, -0.2) is 28.8 Å². The van der Waals surface area contributed by atoms with Crippen LogP contribution in [0.3, 0.4) is 0 Å². The molecule has 0 bridgehead atoms. The molecular formula is C12H18N2O. The lowest BCUT2D eigenvalue weighted by atomic mass is 9.95. The third-order valence-corrected chi connectivity index (χ3v) is 2.96. The lowest BCUT2D eigenvalue weighted by Crippen LogP contribution is -2.46. The van der Waals surface area contributed by atoms with Gasteiger partial charge in [0.15, 0.2) is 0 Å². The van der Waals surface area contributed by atoms with Gasteiger partial charge in [0, 0.05) is 19.3 Å². The monoisotopic (exact) mass is 206 g/mol. The minimum atomic E-state index is -0.567. The highest BCUT2D eigenvalue weighted by Gasteiger charge is 2.29. The Bertz CT molecular complexity index is 349. The quantitative estimate of drug-likeness (QED) is 0.760. The van der Waals surface area contributed by atoms with Gasteiger partial charge in [-0.2, -0.15) is 0 Å². The van der Waals surface area contributed by atoms with Crippen LogP contribution in [0.4, 0.5) is 5.82 Å². The predicted octanol–water partition coefficient (Wildman–Crippen LogP) is 1.74. The van der Waals surface area contributed by atoms with Crippen LogP contribution in [0.2, 0.25) is 0 Å². The van der Waals surface area contributed by atoms with Crippen LogP contribution in [0.25, 0.3) is 0 Å². The molecule has 82 valence electrons. The van der Waals surface area contributed by atoms with E-state index in [4.69, 9.17) is 0 Å². The van der Waals surface area contributed by atoms with E-state index in [2.05, 4.69) is 22.9 Å². The lowest BCUT2D eigenvalue weighted by molar-refractivity contribution is 0.0447. The van der Waals surface area contributed by atoms with E-state index in [0.29, 0.717) is 6.54 Å². The molecule has 1 aliphatic rings. The number of nitrogens with zero attached hydrogens (tertiary/aromatic N) is 2. The van der Waals surface area contributed by atoms with Gasteiger partial charge in [-0.1, -0.05) is 6.07 Å². The van der Waals surface area contributed by atoms with Gasteiger partial charge in [-0.05, 0) is 38.3 Å². The first-order chi connectivity index (χ1) is 7.08. The van der Waals surface area contributed by atoms with E-state index >= 15 is 0 Å². The molecule has 0 spiro atoms. The fraction of sp³-hybridized carbons (Fsp3) is 0.583. The maximum Gasteiger partial charge on any atom is 0.131 e. The van der Waals surface area contributed by atoms with Crippen molar-refractivity contribution in [2.24, 2.45) is 0 Å². The maximum absolute atomic E-state index is 10.0. The number of β-amino-alcohol motifs (C(OH)–C–C–N with tert-alkyl or cyclic N) is 1. The molecule has 1 aliphatic heterocycles. The minimum Gasteiger partial charge on any atom is -0.388 e. The predicted molar refractivity (Wildman–Crippen MR) is 61.0 cm³/mol. The molecule has 1 saturated heterocycles. The summed E-state index contributed by atoms with van der Waals surface area (Å²) in [4.78, 5) is 6.56. The third-order valence-electron chi connectivity index (χ3n) is 2.96. The first-order valence-electron chi connectivity index (χ1n) is 5.47. The van der Waals surface area contributed by atoms with Gasteiger partial charge in [-0.15, -0.1) is 0 Å². The number of aliphatic hydroxyl groups is 1. The van der Waals surface area contributed by atoms with Gasteiger partial charge in [0.05, 0.1) is 5.60 Å². The molecule has 3 nitrogen and oxygen atoms in total. The van der Waals surface area contributed by atoms with Crippen molar-refractivity contribution in [2.75, 3.05) is 18.0 Å². The van der Waals surface area contributed by atoms with E-state index in [1.54, 1.807) is 0 Å². The normalized spacial score (nSPS) is 26.7. The zero-order valence-electron chi connectivity index (χ0n) is 9.40. The number of aromatic nitrogens is 1. The third kappa shape index (κ3) is 2.29. The van der Waals surface area contributed by atoms with E-state index in [-0.39, 0.29) is 0 Å². The van der Waals surface area contributed by atoms with Crippen LogP contribution in [0.5, 0.6) is 0 Å². The van der Waals surface area contributed by atoms with Crippen molar-refractivity contribution < 1.29 is 5.11 Å². The summed E-state index contributed by atoms with van der Waals surface area (Å²) >= 11 is 0. The molecule has 1 N–H and O–H groups in total. The van der Waals surface area contributed by atoms with E-state index in [1.807, 2.05) is 19.2 Å². The molecule has 0 aromatic carbocycles. The molecule has 0 amide bonds. The van der Waals surface area contributed by atoms with Crippen molar-refractivity contribution in [3.05, 3.63) is 23.9 Å². The van der Waals surface area contributed by atoms with Crippen LogP contribution in [0.15, 0.2) is 18.3 Å². The van der Waals surface area contributed by atoms with Crippen LogP contribution in [0, 0.1) is 6.92 Å². The van der Waals surface area contributed by atoms with Gasteiger partial charge in [0.1, 0.15) is 5.82 Å². The van der Waals surface area contributed by atoms with Crippen molar-refractivity contribution in [3.63, 3.8) is 0 Å². The SMILES string of the molecule is Cc1cccnc1N1CCCC(C)(O)C1. The number of anilines is 1. The second-order valence-corrected chi connectivity index (χ2v) is 4.67. The largest absolute Gasteiger partial charge is 0.388 e. The summed E-state index contributed by atoms with van der Waals surface area (Å²) in [5.41, 5.74) is 0.609. The van der Waals surface area contributed by atoms with Gasteiger partial charge in [-0.3, -0.25) is 0 Å². The molecule has 0 saturated carbocycles. The molecule has 1 aromatic rings. The second kappa shape index (κ2) is 3.81. The highest BCUT2D eigenvalue weighted by molar-refractivity contribution is 5.46. The summed E-state index contributed by atoms with van der Waals surface area (Å²) in [5.74, 6) is 1.01. The highest BCUT2D eigenvalue weighted by Crippen LogP contribution is 2.25. The Morgan fingerprint density at radius 3 is 3.00 bits per heavy atom. The summed E-state index contributed by atoms with van der Waals surface area (Å²) in [6.45, 7) is 5.64. The van der Waals surface area contributed by atoms with Gasteiger partial charge < -0.3 is 10.0 Å². The summed E-state index contributed by atoms with van der Waals surface area (Å²) in [7, 11) is 0. The molecular weight excluding hydrogens is 188 g/mol. The fourth-order valence-corrected chi connectivity index (χ4v) is 2.21. The van der Waals surface area contributed by atoms with Crippen LogP contribution in [0.1, 0.15) is 25.3 Å². The number of piperidine rings is 1. The second-order valence-electron chi connectivity index (χ2n) is 4.67. The van der Waals surface area contributed by atoms with Crippen molar-refractivity contribution in [1.29, 1.82) is 0 Å². The maximum atomic E-state index is 10.0. The average Bonchev–Trinajstić information content (AvgIpc) is 2.17. The Balaban J connectivity index is 2.21. The fourth-order valence-electron chi connectivity index (χ4n) is 2.21. The van der Waals surface area contributed by atoms with E-state index in [9.17, 15) is 5.11 Å². The van der Waals surface area contributed by atoms with E-state index in [0.717, 1.165) is 25.2 Å². The average molecular weight is 206 g/mol. The first-order valence-corrected chi connectivity index (χ1v) is 5.47. The molecule has 3 heteroatoms. The summed E-state index contributed by atoms with van der Waals surface area (Å²) in [5, 5.41) is 10.0. The van der Waals surface area contributed by atoms with Crippen molar-refractivity contribution in [3.8, 4) is 0 Å². The van der Waals surface area contributed by atoms with Crippen molar-refractivity contribution >= 4 is 5.82 Å². The van der Waals surface area contributed by atoms with Gasteiger partial charge in [0.25, 0.3) is 0 Å². The van der Waals surface area contributed by atoms with Gasteiger partial charge >= 0.3 is 0 Å². The number of aryl methyl sites for hydroxylation is 1. The Kier molecular flexibility index (Phi) is 2.65. The lowest BCUT2D eigenvalue weighted by Gasteiger charge is -2.38. The molecule has 0 aliphatic carbocycles. The number of hydrogen-bond acceptors (Lipinski definition) is 3. The zero-order chi connectivity index (χ0) is 10.9. The highest BCUT2D eigenvalue weighted by atomic mass is 16.3. The minimum absolute atomic E-state index is 0.567. The topological polar surface area (TPSA) is 36.4 Å². The molecule has 0 radical (unpaired) electrons. The number of rotatable bonds is 1. The van der Waals surface area contributed by atoms with Crippen LogP contribution in [-0.2, 0) is 0 Å². The molecule has 2 heterocycles. The summed E-state index contributed by atoms with van der Waals surface area (Å²) < 4.78 is 0. The molecule has 1 aromatic heterocycles. The van der Waals surface area contributed by atoms with Gasteiger partial charge in [0.2, 0.25) is 0 Å². The van der Waals surface area contributed by atoms with Gasteiger partial charge in [-0.25, -0.2) is 4.98 Å². The van der Waals surface area contributed by atoms with Crippen LogP contribution >= 0.6 is 0 Å². The molecule has 15 heavy (non-hydrogen) atoms. The van der Waals surface area contributed by atoms with Crippen molar-refractivity contribution in [2.45, 2.75) is 32.3 Å².